The first-order chi connectivity index (χ1) is 7.13. The Kier molecular flexibility index (Phi) is 5.09. The lowest BCUT2D eigenvalue weighted by atomic mass is 9.88. The van der Waals surface area contributed by atoms with Gasteiger partial charge in [0.25, 0.3) is 0 Å². The molecule has 1 saturated heterocycles. The highest BCUT2D eigenvalue weighted by Crippen LogP contribution is 2.22. The minimum Gasteiger partial charge on any atom is -0.469 e. The van der Waals surface area contributed by atoms with E-state index in [0.717, 1.165) is 24.8 Å². The first-order valence-corrected chi connectivity index (χ1v) is 5.92. The predicted octanol–water partition coefficient (Wildman–Crippen LogP) is 1.92. The summed E-state index contributed by atoms with van der Waals surface area (Å²) in [4.78, 5) is 13.4. The minimum atomic E-state index is -0.0894. The molecule has 0 aliphatic carbocycles. The van der Waals surface area contributed by atoms with Gasteiger partial charge in [0.05, 0.1) is 7.11 Å². The van der Waals surface area contributed by atoms with E-state index in [4.69, 9.17) is 0 Å². The third kappa shape index (κ3) is 4.20. The fraction of sp³-hybridized carbons (Fsp3) is 0.917. The molecule has 3 nitrogen and oxygen atoms in total. The second-order valence-corrected chi connectivity index (χ2v) is 4.72. The second kappa shape index (κ2) is 6.11. The molecule has 1 fully saturated rings. The van der Waals surface area contributed by atoms with Crippen molar-refractivity contribution in [3.8, 4) is 0 Å². The quantitative estimate of drug-likeness (QED) is 0.668. The van der Waals surface area contributed by atoms with E-state index in [1.807, 2.05) is 0 Å². The Morgan fingerprint density at radius 3 is 2.73 bits per heavy atom. The maximum Gasteiger partial charge on any atom is 0.305 e. The molecule has 1 aliphatic heterocycles. The van der Waals surface area contributed by atoms with Gasteiger partial charge in [-0.25, -0.2) is 0 Å². The highest BCUT2D eigenvalue weighted by atomic mass is 16.5. The summed E-state index contributed by atoms with van der Waals surface area (Å²) < 4.78 is 4.62. The van der Waals surface area contributed by atoms with Gasteiger partial charge in [-0.3, -0.25) is 4.79 Å². The standard InChI is InChI=1S/C12H23NO2/c1-10-6-8-13(9-11(10)2)7-4-5-12(14)15-3/h10-11H,4-9H2,1-3H3. The molecule has 1 rings (SSSR count). The van der Waals surface area contributed by atoms with E-state index in [-0.39, 0.29) is 5.97 Å². The van der Waals surface area contributed by atoms with E-state index in [1.54, 1.807) is 0 Å². The summed E-state index contributed by atoms with van der Waals surface area (Å²) in [5.74, 6) is 1.55. The zero-order valence-corrected chi connectivity index (χ0v) is 10.2. The van der Waals surface area contributed by atoms with Crippen molar-refractivity contribution in [2.75, 3.05) is 26.7 Å². The maximum atomic E-state index is 10.9. The smallest absolute Gasteiger partial charge is 0.305 e. The Balaban J connectivity index is 2.14. The van der Waals surface area contributed by atoms with E-state index in [0.29, 0.717) is 6.42 Å². The normalized spacial score (nSPS) is 27.7. The van der Waals surface area contributed by atoms with Crippen LogP contribution in [0.5, 0.6) is 0 Å². The van der Waals surface area contributed by atoms with Crippen molar-refractivity contribution in [3.63, 3.8) is 0 Å². The summed E-state index contributed by atoms with van der Waals surface area (Å²) >= 11 is 0. The second-order valence-electron chi connectivity index (χ2n) is 4.72. The van der Waals surface area contributed by atoms with Crippen LogP contribution in [0.1, 0.15) is 33.1 Å². The van der Waals surface area contributed by atoms with Gasteiger partial charge < -0.3 is 9.64 Å². The number of piperidine rings is 1. The molecule has 0 aromatic heterocycles. The largest absolute Gasteiger partial charge is 0.469 e. The summed E-state index contributed by atoms with van der Waals surface area (Å²) in [5, 5.41) is 0. The zero-order chi connectivity index (χ0) is 11.3. The van der Waals surface area contributed by atoms with Crippen LogP contribution in [0, 0.1) is 11.8 Å². The molecule has 0 aromatic carbocycles. The lowest BCUT2D eigenvalue weighted by Gasteiger charge is -2.35. The first-order valence-electron chi connectivity index (χ1n) is 5.92. The van der Waals surface area contributed by atoms with Gasteiger partial charge in [-0.2, -0.15) is 0 Å². The van der Waals surface area contributed by atoms with Gasteiger partial charge in [0.2, 0.25) is 0 Å². The summed E-state index contributed by atoms with van der Waals surface area (Å²) in [6.07, 6.45) is 2.77. The first kappa shape index (κ1) is 12.5. The van der Waals surface area contributed by atoms with E-state index >= 15 is 0 Å². The summed E-state index contributed by atoms with van der Waals surface area (Å²) in [7, 11) is 1.45. The number of ether oxygens (including phenoxy) is 1. The van der Waals surface area contributed by atoms with Crippen LogP contribution in [0.2, 0.25) is 0 Å². The minimum absolute atomic E-state index is 0.0894. The number of hydrogen-bond acceptors (Lipinski definition) is 3. The molecule has 88 valence electrons. The number of likely N-dealkylation sites (tertiary alicyclic amines) is 1. The van der Waals surface area contributed by atoms with Crippen molar-refractivity contribution in [2.45, 2.75) is 33.1 Å². The molecule has 1 aliphatic rings. The van der Waals surface area contributed by atoms with Gasteiger partial charge in [0.1, 0.15) is 0 Å². The van der Waals surface area contributed by atoms with E-state index in [9.17, 15) is 4.79 Å². The van der Waals surface area contributed by atoms with Gasteiger partial charge in [-0.15, -0.1) is 0 Å². The lowest BCUT2D eigenvalue weighted by Crippen LogP contribution is -2.38. The average Bonchev–Trinajstić information content (AvgIpc) is 2.23. The van der Waals surface area contributed by atoms with Crippen molar-refractivity contribution in [1.29, 1.82) is 0 Å². The van der Waals surface area contributed by atoms with Gasteiger partial charge in [-0.1, -0.05) is 13.8 Å². The number of hydrogen-bond donors (Lipinski definition) is 0. The van der Waals surface area contributed by atoms with Gasteiger partial charge >= 0.3 is 5.97 Å². The van der Waals surface area contributed by atoms with Crippen LogP contribution in [0.3, 0.4) is 0 Å². The predicted molar refractivity (Wildman–Crippen MR) is 60.6 cm³/mol. The van der Waals surface area contributed by atoms with Crippen molar-refractivity contribution < 1.29 is 9.53 Å². The molecular formula is C12H23NO2. The monoisotopic (exact) mass is 213 g/mol. The van der Waals surface area contributed by atoms with Gasteiger partial charge in [0.15, 0.2) is 0 Å². The van der Waals surface area contributed by atoms with Crippen molar-refractivity contribution in [3.05, 3.63) is 0 Å². The van der Waals surface area contributed by atoms with E-state index < -0.39 is 0 Å². The van der Waals surface area contributed by atoms with Crippen molar-refractivity contribution >= 4 is 5.97 Å². The average molecular weight is 213 g/mol. The molecule has 0 aromatic rings. The summed E-state index contributed by atoms with van der Waals surface area (Å²) in [6, 6.07) is 0. The molecule has 0 N–H and O–H groups in total. The molecule has 0 radical (unpaired) electrons. The number of carbonyl (C=O) groups is 1. The molecule has 2 atom stereocenters. The van der Waals surface area contributed by atoms with Crippen LogP contribution in [0.25, 0.3) is 0 Å². The molecule has 0 saturated carbocycles. The third-order valence-corrected chi connectivity index (χ3v) is 3.50. The molecule has 0 amide bonds. The maximum absolute atomic E-state index is 10.9. The van der Waals surface area contributed by atoms with Crippen LogP contribution < -0.4 is 0 Å². The SMILES string of the molecule is COC(=O)CCCN1CCC(C)C(C)C1. The van der Waals surface area contributed by atoms with Crippen LogP contribution in [0.4, 0.5) is 0 Å². The fourth-order valence-electron chi connectivity index (χ4n) is 2.10. The number of carbonyl (C=O) groups excluding carboxylic acids is 1. The van der Waals surface area contributed by atoms with Crippen LogP contribution in [-0.2, 0) is 9.53 Å². The van der Waals surface area contributed by atoms with E-state index in [2.05, 4.69) is 23.5 Å². The Morgan fingerprint density at radius 1 is 1.40 bits per heavy atom. The van der Waals surface area contributed by atoms with Crippen LogP contribution >= 0.6 is 0 Å². The number of esters is 1. The molecule has 15 heavy (non-hydrogen) atoms. The molecule has 0 bridgehead atoms. The van der Waals surface area contributed by atoms with E-state index in [1.165, 1.54) is 26.6 Å². The number of nitrogens with zero attached hydrogens (tertiary/aromatic N) is 1. The lowest BCUT2D eigenvalue weighted by molar-refractivity contribution is -0.140. The third-order valence-electron chi connectivity index (χ3n) is 3.50. The van der Waals surface area contributed by atoms with Gasteiger partial charge in [-0.05, 0) is 37.8 Å². The summed E-state index contributed by atoms with van der Waals surface area (Å²) in [5.41, 5.74) is 0. The highest BCUT2D eigenvalue weighted by Gasteiger charge is 2.22. The van der Waals surface area contributed by atoms with Crippen LogP contribution in [-0.4, -0.2) is 37.6 Å². The molecule has 1 heterocycles. The zero-order valence-electron chi connectivity index (χ0n) is 10.2. The molecule has 2 unspecified atom stereocenters. The fourth-order valence-corrected chi connectivity index (χ4v) is 2.10. The topological polar surface area (TPSA) is 29.5 Å². The number of rotatable bonds is 4. The molecule has 3 heteroatoms. The van der Waals surface area contributed by atoms with Gasteiger partial charge in [0, 0.05) is 13.0 Å². The molecule has 0 spiro atoms. The number of methoxy groups -OCH3 is 1. The Bertz CT molecular complexity index is 206. The molecular weight excluding hydrogens is 190 g/mol. The summed E-state index contributed by atoms with van der Waals surface area (Å²) in [6.45, 7) is 8.05. The Labute approximate surface area is 92.8 Å². The van der Waals surface area contributed by atoms with Crippen LogP contribution in [0.15, 0.2) is 0 Å². The van der Waals surface area contributed by atoms with Crippen molar-refractivity contribution in [2.24, 2.45) is 11.8 Å². The Morgan fingerprint density at radius 2 is 2.13 bits per heavy atom. The van der Waals surface area contributed by atoms with Crippen molar-refractivity contribution in [1.82, 2.24) is 4.90 Å². The highest BCUT2D eigenvalue weighted by molar-refractivity contribution is 5.69. The Hall–Kier alpha value is -0.570.